The molecule has 150 valence electrons. The van der Waals surface area contributed by atoms with E-state index in [2.05, 4.69) is 5.16 Å². The molecule has 0 unspecified atom stereocenters. The molecule has 0 amide bonds. The fourth-order valence-electron chi connectivity index (χ4n) is 3.31. The first-order chi connectivity index (χ1) is 13.9. The standard InChI is InChI=1S/C18H16N4O7/c1-2-27-16-11-18(13-5-9-15(10-6-13)22(25)26)20(28-16)17(19-29-18)12-3-7-14(8-4-12)21(23)24/h3-10,16H,2,11H2,1H3/t16-,18+/m0/s1. The lowest BCUT2D eigenvalue weighted by atomic mass is 9.98. The quantitative estimate of drug-likeness (QED) is 0.534. The third-order valence-corrected chi connectivity index (χ3v) is 4.69. The summed E-state index contributed by atoms with van der Waals surface area (Å²) in [6.07, 6.45) is -0.336. The van der Waals surface area contributed by atoms with E-state index >= 15 is 0 Å². The summed E-state index contributed by atoms with van der Waals surface area (Å²) in [7, 11) is 0. The van der Waals surface area contributed by atoms with Crippen molar-refractivity contribution in [1.82, 2.24) is 5.06 Å². The van der Waals surface area contributed by atoms with Gasteiger partial charge in [0.1, 0.15) is 0 Å². The van der Waals surface area contributed by atoms with E-state index in [4.69, 9.17) is 14.4 Å². The second-order valence-corrected chi connectivity index (χ2v) is 6.39. The Hall–Kier alpha value is -3.57. The van der Waals surface area contributed by atoms with Crippen molar-refractivity contribution < 1.29 is 24.3 Å². The zero-order chi connectivity index (χ0) is 20.6. The van der Waals surface area contributed by atoms with Gasteiger partial charge >= 0.3 is 0 Å². The molecule has 0 aromatic heterocycles. The van der Waals surface area contributed by atoms with Crippen LogP contribution in [0.3, 0.4) is 0 Å². The Kier molecular flexibility index (Phi) is 4.60. The highest BCUT2D eigenvalue weighted by Gasteiger charge is 2.57. The van der Waals surface area contributed by atoms with Crippen LogP contribution in [0.1, 0.15) is 24.5 Å². The lowest BCUT2D eigenvalue weighted by Crippen LogP contribution is -2.40. The Morgan fingerprint density at radius 1 is 1.10 bits per heavy atom. The summed E-state index contributed by atoms with van der Waals surface area (Å²) in [6, 6.07) is 11.7. The summed E-state index contributed by atoms with van der Waals surface area (Å²) in [6.45, 7) is 2.25. The van der Waals surface area contributed by atoms with Crippen LogP contribution in [0.15, 0.2) is 53.7 Å². The number of hydroxylamine groups is 2. The number of amidine groups is 1. The van der Waals surface area contributed by atoms with Crippen molar-refractivity contribution in [3.05, 3.63) is 79.9 Å². The molecule has 4 rings (SSSR count). The molecule has 1 saturated heterocycles. The highest BCUT2D eigenvalue weighted by molar-refractivity contribution is 5.99. The molecular formula is C18H16N4O7. The largest absolute Gasteiger partial charge is 0.357 e. The number of non-ortho nitro benzene ring substituents is 2. The molecule has 11 nitrogen and oxygen atoms in total. The number of nitro groups is 2. The Morgan fingerprint density at radius 3 is 2.24 bits per heavy atom. The maximum Gasteiger partial charge on any atom is 0.269 e. The number of ether oxygens (including phenoxy) is 1. The average Bonchev–Trinajstić information content (AvgIpc) is 3.25. The van der Waals surface area contributed by atoms with Crippen LogP contribution in [0.5, 0.6) is 0 Å². The molecule has 0 spiro atoms. The highest BCUT2D eigenvalue weighted by Crippen LogP contribution is 2.47. The second kappa shape index (κ2) is 7.11. The fraction of sp³-hybridized carbons (Fsp3) is 0.278. The maximum atomic E-state index is 11.0. The van der Waals surface area contributed by atoms with E-state index < -0.39 is 21.9 Å². The van der Waals surface area contributed by atoms with Crippen molar-refractivity contribution in [1.29, 1.82) is 0 Å². The molecule has 0 saturated carbocycles. The summed E-state index contributed by atoms with van der Waals surface area (Å²) in [4.78, 5) is 32.5. The van der Waals surface area contributed by atoms with Crippen LogP contribution >= 0.6 is 0 Å². The van der Waals surface area contributed by atoms with E-state index in [1.807, 2.05) is 6.92 Å². The van der Waals surface area contributed by atoms with Gasteiger partial charge in [-0.3, -0.25) is 20.2 Å². The minimum Gasteiger partial charge on any atom is -0.357 e. The topological polar surface area (TPSA) is 130 Å². The number of hydrogen-bond acceptors (Lipinski definition) is 9. The molecule has 1 fully saturated rings. The minimum atomic E-state index is -1.16. The molecular weight excluding hydrogens is 384 g/mol. The van der Waals surface area contributed by atoms with Gasteiger partial charge in [-0.25, -0.2) is 4.84 Å². The van der Waals surface area contributed by atoms with E-state index in [1.54, 1.807) is 24.3 Å². The average molecular weight is 400 g/mol. The lowest BCUT2D eigenvalue weighted by Gasteiger charge is -2.28. The number of fused-ring (bicyclic) bond motifs is 1. The van der Waals surface area contributed by atoms with Crippen molar-refractivity contribution in [2.75, 3.05) is 6.61 Å². The molecule has 11 heteroatoms. The summed E-state index contributed by atoms with van der Waals surface area (Å²) in [5.41, 5.74) is -0.107. The molecule has 0 radical (unpaired) electrons. The second-order valence-electron chi connectivity index (χ2n) is 6.39. The van der Waals surface area contributed by atoms with Gasteiger partial charge in [0.25, 0.3) is 17.1 Å². The van der Waals surface area contributed by atoms with Crippen molar-refractivity contribution >= 4 is 17.2 Å². The Morgan fingerprint density at radius 2 is 1.69 bits per heavy atom. The predicted octanol–water partition coefficient (Wildman–Crippen LogP) is 3.05. The van der Waals surface area contributed by atoms with Crippen LogP contribution in [0.4, 0.5) is 11.4 Å². The molecule has 0 aliphatic carbocycles. The number of oxime groups is 1. The Labute approximate surface area is 164 Å². The smallest absolute Gasteiger partial charge is 0.269 e. The molecule has 0 N–H and O–H groups in total. The maximum absolute atomic E-state index is 11.0. The van der Waals surface area contributed by atoms with E-state index in [-0.39, 0.29) is 17.8 Å². The molecule has 2 aliphatic heterocycles. The van der Waals surface area contributed by atoms with Crippen LogP contribution in [0, 0.1) is 20.2 Å². The number of hydrogen-bond donors (Lipinski definition) is 0. The SMILES string of the molecule is CCO[C@@H]1C[C@]2(c3ccc([N+](=O)[O-])cc3)ON=C(c3ccc([N+](=O)[O-])cc3)N2O1. The van der Waals surface area contributed by atoms with Crippen molar-refractivity contribution in [2.24, 2.45) is 5.16 Å². The number of benzene rings is 2. The van der Waals surface area contributed by atoms with Gasteiger partial charge in [-0.15, -0.1) is 0 Å². The first kappa shape index (κ1) is 18.8. The third-order valence-electron chi connectivity index (χ3n) is 4.69. The summed E-state index contributed by atoms with van der Waals surface area (Å²) >= 11 is 0. The normalized spacial score (nSPS) is 22.7. The van der Waals surface area contributed by atoms with E-state index in [0.717, 1.165) is 0 Å². The van der Waals surface area contributed by atoms with E-state index in [9.17, 15) is 20.2 Å². The van der Waals surface area contributed by atoms with Gasteiger partial charge in [0.2, 0.25) is 5.84 Å². The monoisotopic (exact) mass is 400 g/mol. The van der Waals surface area contributed by atoms with Gasteiger partial charge in [0.15, 0.2) is 6.29 Å². The van der Waals surface area contributed by atoms with Gasteiger partial charge in [-0.2, -0.15) is 5.06 Å². The Bertz CT molecular complexity index is 977. The van der Waals surface area contributed by atoms with Crippen LogP contribution in [0.2, 0.25) is 0 Å². The van der Waals surface area contributed by atoms with Gasteiger partial charge in [-0.05, 0) is 31.2 Å². The molecule has 2 aliphatic rings. The molecule has 0 bridgehead atoms. The highest BCUT2D eigenvalue weighted by atomic mass is 16.9. The first-order valence-electron chi connectivity index (χ1n) is 8.79. The third kappa shape index (κ3) is 3.15. The Balaban J connectivity index is 1.69. The first-order valence-corrected chi connectivity index (χ1v) is 8.79. The van der Waals surface area contributed by atoms with Gasteiger partial charge in [-0.1, -0.05) is 5.16 Å². The van der Waals surface area contributed by atoms with Crippen LogP contribution < -0.4 is 0 Å². The molecule has 29 heavy (non-hydrogen) atoms. The summed E-state index contributed by atoms with van der Waals surface area (Å²) in [5, 5.41) is 27.4. The van der Waals surface area contributed by atoms with E-state index in [1.165, 1.54) is 29.3 Å². The lowest BCUT2D eigenvalue weighted by molar-refractivity contribution is -0.385. The van der Waals surface area contributed by atoms with Gasteiger partial charge < -0.3 is 9.57 Å². The predicted molar refractivity (Wildman–Crippen MR) is 98.4 cm³/mol. The zero-order valence-electron chi connectivity index (χ0n) is 15.3. The summed E-state index contributed by atoms with van der Waals surface area (Å²) < 4.78 is 5.59. The molecule has 2 aromatic rings. The number of nitrogens with zero attached hydrogens (tertiary/aromatic N) is 4. The van der Waals surface area contributed by atoms with Crippen LogP contribution in [-0.2, 0) is 20.1 Å². The van der Waals surface area contributed by atoms with Gasteiger partial charge in [0, 0.05) is 42.0 Å². The van der Waals surface area contributed by atoms with Crippen molar-refractivity contribution in [2.45, 2.75) is 25.4 Å². The van der Waals surface area contributed by atoms with E-state index in [0.29, 0.717) is 23.6 Å². The zero-order valence-corrected chi connectivity index (χ0v) is 15.3. The van der Waals surface area contributed by atoms with Crippen LogP contribution in [0.25, 0.3) is 0 Å². The fourth-order valence-corrected chi connectivity index (χ4v) is 3.31. The number of rotatable bonds is 6. The molecule has 2 atom stereocenters. The van der Waals surface area contributed by atoms with Crippen molar-refractivity contribution in [3.63, 3.8) is 0 Å². The van der Waals surface area contributed by atoms with Crippen molar-refractivity contribution in [3.8, 4) is 0 Å². The van der Waals surface area contributed by atoms with Gasteiger partial charge in [0.05, 0.1) is 16.3 Å². The molecule has 2 aromatic carbocycles. The molecule has 2 heterocycles. The number of nitro benzene ring substituents is 2. The minimum absolute atomic E-state index is 0.0496. The summed E-state index contributed by atoms with van der Waals surface area (Å²) in [5.74, 6) is 0.320. The van der Waals surface area contributed by atoms with Crippen LogP contribution in [-0.4, -0.2) is 33.6 Å².